The van der Waals surface area contributed by atoms with Crippen LogP contribution in [-0.2, 0) is 0 Å². The van der Waals surface area contributed by atoms with Crippen molar-refractivity contribution in [2.75, 3.05) is 0 Å². The minimum atomic E-state index is -0.614. The van der Waals surface area contributed by atoms with Gasteiger partial charge in [0.1, 0.15) is 0 Å². The van der Waals surface area contributed by atoms with Crippen molar-refractivity contribution in [3.05, 3.63) is 0 Å². The lowest BCUT2D eigenvalue weighted by molar-refractivity contribution is -0.00970. The summed E-state index contributed by atoms with van der Waals surface area (Å²) < 4.78 is 0. The molecule has 2 heteroatoms. The number of rotatable bonds is 14. The number of unbranched alkanes of at least 4 members (excludes halogenated alkanes) is 7. The van der Waals surface area contributed by atoms with Crippen molar-refractivity contribution in [2.45, 2.75) is 116 Å². The van der Waals surface area contributed by atoms with Gasteiger partial charge in [-0.25, -0.2) is 0 Å². The maximum atomic E-state index is 11.0. The molecule has 0 saturated heterocycles. The van der Waals surface area contributed by atoms with Crippen molar-refractivity contribution in [1.82, 2.24) is 0 Å². The Morgan fingerprint density at radius 3 is 1.60 bits per heavy atom. The normalized spacial score (nSPS) is 13.7. The molecule has 20 heavy (non-hydrogen) atoms. The molecule has 0 amide bonds. The highest BCUT2D eigenvalue weighted by Crippen LogP contribution is 2.28. The molecule has 0 spiro atoms. The van der Waals surface area contributed by atoms with Crippen LogP contribution in [-0.4, -0.2) is 16.7 Å². The fraction of sp³-hybridized carbons (Fsp3) is 1.00. The third kappa shape index (κ3) is 8.97. The molecular weight excluding hydrogens is 246 g/mol. The molecule has 3 N–H and O–H groups in total. The molecule has 0 bridgehead atoms. The van der Waals surface area contributed by atoms with Crippen molar-refractivity contribution in [3.63, 3.8) is 0 Å². The predicted octanol–water partition coefficient (Wildman–Crippen LogP) is 5.18. The summed E-state index contributed by atoms with van der Waals surface area (Å²) in [5.41, 5.74) is 5.70. The van der Waals surface area contributed by atoms with Crippen LogP contribution in [0.4, 0.5) is 0 Å². The molecule has 0 aliphatic carbocycles. The zero-order valence-corrected chi connectivity index (χ0v) is 14.3. The van der Waals surface area contributed by atoms with Crippen LogP contribution < -0.4 is 5.73 Å². The Morgan fingerprint density at radius 2 is 1.20 bits per heavy atom. The van der Waals surface area contributed by atoms with Crippen LogP contribution in [0, 0.1) is 0 Å². The van der Waals surface area contributed by atoms with Crippen molar-refractivity contribution >= 4 is 0 Å². The number of hydrogen-bond donors (Lipinski definition) is 2. The maximum Gasteiger partial charge on any atom is 0.0797 e. The third-order valence-electron chi connectivity index (χ3n) is 4.49. The monoisotopic (exact) mass is 285 g/mol. The molecule has 0 aromatic rings. The van der Waals surface area contributed by atoms with Gasteiger partial charge in [-0.3, -0.25) is 0 Å². The van der Waals surface area contributed by atoms with E-state index >= 15 is 0 Å². The fourth-order valence-corrected chi connectivity index (χ4v) is 2.90. The van der Waals surface area contributed by atoms with Gasteiger partial charge in [-0.05, 0) is 19.3 Å². The predicted molar refractivity (Wildman–Crippen MR) is 90.0 cm³/mol. The van der Waals surface area contributed by atoms with E-state index in [-0.39, 0.29) is 6.04 Å². The first kappa shape index (κ1) is 19.9. The Bertz CT molecular complexity index is 194. The summed E-state index contributed by atoms with van der Waals surface area (Å²) in [4.78, 5) is 0. The lowest BCUT2D eigenvalue weighted by Gasteiger charge is -2.34. The molecule has 0 rings (SSSR count). The topological polar surface area (TPSA) is 46.2 Å². The molecule has 0 aromatic carbocycles. The average molecular weight is 286 g/mol. The van der Waals surface area contributed by atoms with Crippen LogP contribution >= 0.6 is 0 Å². The van der Waals surface area contributed by atoms with Gasteiger partial charge in [0.15, 0.2) is 0 Å². The molecule has 2 nitrogen and oxygen atoms in total. The van der Waals surface area contributed by atoms with Crippen LogP contribution in [0.2, 0.25) is 0 Å². The van der Waals surface area contributed by atoms with Gasteiger partial charge >= 0.3 is 0 Å². The van der Waals surface area contributed by atoms with Crippen molar-refractivity contribution in [3.8, 4) is 0 Å². The summed E-state index contributed by atoms with van der Waals surface area (Å²) in [6.07, 6.45) is 14.8. The molecule has 0 heterocycles. The van der Waals surface area contributed by atoms with E-state index in [1.807, 2.05) is 0 Å². The second-order valence-electron chi connectivity index (χ2n) is 6.47. The van der Waals surface area contributed by atoms with E-state index < -0.39 is 5.60 Å². The molecule has 0 aliphatic rings. The van der Waals surface area contributed by atoms with E-state index in [1.165, 1.54) is 38.5 Å². The van der Waals surface area contributed by atoms with Crippen LogP contribution in [0.1, 0.15) is 104 Å². The molecule has 0 aromatic heterocycles. The molecule has 0 aliphatic heterocycles. The Morgan fingerprint density at radius 1 is 0.750 bits per heavy atom. The van der Waals surface area contributed by atoms with Crippen LogP contribution in [0.15, 0.2) is 0 Å². The van der Waals surface area contributed by atoms with Crippen LogP contribution in [0.3, 0.4) is 0 Å². The van der Waals surface area contributed by atoms with Gasteiger partial charge in [0.05, 0.1) is 5.60 Å². The van der Waals surface area contributed by atoms with Gasteiger partial charge in [0.2, 0.25) is 0 Å². The van der Waals surface area contributed by atoms with E-state index in [9.17, 15) is 5.11 Å². The SMILES string of the molecule is CCCCCCC(O)(CCCCCC)C(N)CCCC. The Kier molecular flexibility index (Phi) is 12.6. The van der Waals surface area contributed by atoms with E-state index in [4.69, 9.17) is 5.73 Å². The molecule has 122 valence electrons. The zero-order valence-electron chi connectivity index (χ0n) is 14.3. The summed E-state index contributed by atoms with van der Waals surface area (Å²) >= 11 is 0. The Labute approximate surface area is 127 Å². The molecule has 0 saturated carbocycles. The highest BCUT2D eigenvalue weighted by Gasteiger charge is 2.32. The standard InChI is InChI=1S/C18H39NO/c1-4-7-10-12-15-18(20,16-13-11-8-5-2)17(19)14-9-6-3/h17,20H,4-16,19H2,1-3H3. The van der Waals surface area contributed by atoms with E-state index in [0.717, 1.165) is 44.9 Å². The van der Waals surface area contributed by atoms with Crippen molar-refractivity contribution < 1.29 is 5.11 Å². The minimum absolute atomic E-state index is 0.0364. The Balaban J connectivity index is 4.25. The number of aliphatic hydroxyl groups is 1. The van der Waals surface area contributed by atoms with Gasteiger partial charge in [0.25, 0.3) is 0 Å². The molecule has 1 unspecified atom stereocenters. The summed E-state index contributed by atoms with van der Waals surface area (Å²) in [5, 5.41) is 11.0. The summed E-state index contributed by atoms with van der Waals surface area (Å²) in [6, 6.07) is -0.0364. The largest absolute Gasteiger partial charge is 0.388 e. The zero-order chi connectivity index (χ0) is 15.3. The molecule has 0 radical (unpaired) electrons. The highest BCUT2D eigenvalue weighted by atomic mass is 16.3. The maximum absolute atomic E-state index is 11.0. The average Bonchev–Trinajstić information content (AvgIpc) is 2.45. The van der Waals surface area contributed by atoms with Gasteiger partial charge in [-0.1, -0.05) is 85.0 Å². The molecule has 0 fully saturated rings. The fourth-order valence-electron chi connectivity index (χ4n) is 2.90. The van der Waals surface area contributed by atoms with E-state index in [1.54, 1.807) is 0 Å². The van der Waals surface area contributed by atoms with Gasteiger partial charge in [0, 0.05) is 6.04 Å². The van der Waals surface area contributed by atoms with Crippen molar-refractivity contribution in [1.29, 1.82) is 0 Å². The quantitative estimate of drug-likeness (QED) is 0.432. The van der Waals surface area contributed by atoms with Crippen LogP contribution in [0.5, 0.6) is 0 Å². The summed E-state index contributed by atoms with van der Waals surface area (Å²) in [6.45, 7) is 6.64. The van der Waals surface area contributed by atoms with Crippen molar-refractivity contribution in [2.24, 2.45) is 5.73 Å². The van der Waals surface area contributed by atoms with Crippen LogP contribution in [0.25, 0.3) is 0 Å². The minimum Gasteiger partial charge on any atom is -0.388 e. The number of nitrogens with two attached hydrogens (primary N) is 1. The second-order valence-corrected chi connectivity index (χ2v) is 6.47. The molecule has 1 atom stereocenters. The summed E-state index contributed by atoms with van der Waals surface area (Å²) in [5.74, 6) is 0. The third-order valence-corrected chi connectivity index (χ3v) is 4.49. The number of hydrogen-bond acceptors (Lipinski definition) is 2. The highest BCUT2D eigenvalue weighted by molar-refractivity contribution is 4.89. The Hall–Kier alpha value is -0.0800. The van der Waals surface area contributed by atoms with E-state index in [2.05, 4.69) is 20.8 Å². The van der Waals surface area contributed by atoms with Gasteiger partial charge in [-0.2, -0.15) is 0 Å². The lowest BCUT2D eigenvalue weighted by Crippen LogP contribution is -2.48. The first-order valence-corrected chi connectivity index (χ1v) is 9.08. The van der Waals surface area contributed by atoms with Gasteiger partial charge < -0.3 is 10.8 Å². The van der Waals surface area contributed by atoms with E-state index in [0.29, 0.717) is 0 Å². The van der Waals surface area contributed by atoms with Gasteiger partial charge in [-0.15, -0.1) is 0 Å². The second kappa shape index (κ2) is 12.6. The molecular formula is C18H39NO. The smallest absolute Gasteiger partial charge is 0.0797 e. The first-order chi connectivity index (χ1) is 9.60. The first-order valence-electron chi connectivity index (χ1n) is 9.08. The lowest BCUT2D eigenvalue weighted by atomic mass is 9.81. The summed E-state index contributed by atoms with van der Waals surface area (Å²) in [7, 11) is 0.